The summed E-state index contributed by atoms with van der Waals surface area (Å²) in [7, 11) is 3.69. The van der Waals surface area contributed by atoms with Gasteiger partial charge in [-0.05, 0) is 49.7 Å². The van der Waals surface area contributed by atoms with E-state index in [2.05, 4.69) is 28.0 Å². The molecule has 44 heavy (non-hydrogen) atoms. The monoisotopic (exact) mass is 615 g/mol. The van der Waals surface area contributed by atoms with E-state index in [-0.39, 0.29) is 30.5 Å². The molecule has 3 aromatic heterocycles. The van der Waals surface area contributed by atoms with Crippen molar-refractivity contribution in [2.75, 3.05) is 40.5 Å². The highest BCUT2D eigenvalue weighted by Gasteiger charge is 2.39. The lowest BCUT2D eigenvalue weighted by Gasteiger charge is -2.50. The van der Waals surface area contributed by atoms with Crippen LogP contribution in [0.2, 0.25) is 0 Å². The molecule has 4 saturated heterocycles. The number of hydrogen-bond acceptors (Lipinski definition) is 9. The maximum Gasteiger partial charge on any atom is 0.255 e. The first kappa shape index (κ1) is 29.9. The summed E-state index contributed by atoms with van der Waals surface area (Å²) in [4.78, 5) is 27.0. The van der Waals surface area contributed by atoms with Gasteiger partial charge in [0, 0.05) is 62.0 Å². The molecule has 2 atom stereocenters. The molecule has 1 amide bonds. The van der Waals surface area contributed by atoms with Gasteiger partial charge in [0.1, 0.15) is 34.9 Å². The predicted molar refractivity (Wildman–Crippen MR) is 166 cm³/mol. The van der Waals surface area contributed by atoms with Crippen LogP contribution in [0.3, 0.4) is 0 Å². The molecule has 0 spiro atoms. The molecular weight excluding hydrogens is 582 g/mol. The molecule has 4 fully saturated rings. The van der Waals surface area contributed by atoms with Gasteiger partial charge < -0.3 is 23.5 Å². The van der Waals surface area contributed by atoms with Gasteiger partial charge >= 0.3 is 0 Å². The van der Waals surface area contributed by atoms with Crippen LogP contribution < -0.4 is 9.47 Å². The Kier molecular flexibility index (Phi) is 8.45. The first-order valence-electron chi connectivity index (χ1n) is 14.8. The molecule has 4 aliphatic heterocycles. The lowest BCUT2D eigenvalue weighted by Crippen LogP contribution is -2.62. The Morgan fingerprint density at radius 3 is 2.57 bits per heavy atom. The van der Waals surface area contributed by atoms with Crippen LogP contribution in [0.15, 0.2) is 53.2 Å². The quantitative estimate of drug-likeness (QED) is 0.284. The Morgan fingerprint density at radius 1 is 1.02 bits per heavy atom. The van der Waals surface area contributed by atoms with Gasteiger partial charge in [0.25, 0.3) is 5.91 Å². The minimum Gasteiger partial charge on any atom is -0.494 e. The zero-order valence-electron chi connectivity index (χ0n) is 24.7. The van der Waals surface area contributed by atoms with E-state index in [0.29, 0.717) is 64.4 Å². The number of aromatic nitrogens is 2. The average Bonchev–Trinajstić information content (AvgIpc) is 3.49. The summed E-state index contributed by atoms with van der Waals surface area (Å²) in [6.45, 7) is 2.96. The minimum absolute atomic E-state index is 0. The van der Waals surface area contributed by atoms with Gasteiger partial charge in [-0.3, -0.25) is 14.7 Å². The normalized spacial score (nSPS) is 20.2. The minimum atomic E-state index is -0.0220. The second-order valence-electron chi connectivity index (χ2n) is 11.5. The fraction of sp³-hybridized carbons (Fsp3) is 0.394. The molecule has 0 radical (unpaired) electrons. The Hall–Kier alpha value is -4.17. The number of likely N-dealkylation sites (N-methyl/N-ethyl adjacent to an activating group) is 1. The second kappa shape index (κ2) is 12.4. The first-order chi connectivity index (χ1) is 21.0. The zero-order chi connectivity index (χ0) is 29.5. The maximum atomic E-state index is 13.5. The van der Waals surface area contributed by atoms with Crippen molar-refractivity contribution in [3.8, 4) is 40.1 Å². The van der Waals surface area contributed by atoms with Crippen molar-refractivity contribution in [1.29, 1.82) is 5.26 Å². The SMILES string of the molecule is COc1cc(C(=O)N2CC3CCC2CN3C)cnc1-c1cc2nccc(-c3ccc(OC4CCOCC4)c(C#N)c3)c2o1.Cl. The standard InChI is InChI=1S/C33H33N5O5.ClH/c1-37-18-24-5-4-23(37)19-38(24)33(39)22-14-29(40-2)31(36-17-22)30-15-27-32(43-30)26(7-10-35-27)20-3-6-28(21(13-20)16-34)42-25-8-11-41-12-9-25;/h3,6-7,10,13-15,17,23-25H,4-5,8-9,11-12,18-19H2,1-2H3;1H. The number of fused-ring (bicyclic) bond motifs is 4. The summed E-state index contributed by atoms with van der Waals surface area (Å²) >= 11 is 0. The molecule has 2 unspecified atom stereocenters. The molecule has 8 rings (SSSR count). The predicted octanol–water partition coefficient (Wildman–Crippen LogP) is 5.34. The Bertz CT molecular complexity index is 1730. The number of benzene rings is 1. The van der Waals surface area contributed by atoms with Crippen molar-refractivity contribution in [2.45, 2.75) is 43.9 Å². The number of nitriles is 1. The zero-order valence-corrected chi connectivity index (χ0v) is 25.5. The average molecular weight is 616 g/mol. The molecule has 11 heteroatoms. The van der Waals surface area contributed by atoms with Gasteiger partial charge in [0.15, 0.2) is 11.3 Å². The fourth-order valence-electron chi connectivity index (χ4n) is 6.50. The summed E-state index contributed by atoms with van der Waals surface area (Å²) in [5.74, 6) is 1.47. The maximum absolute atomic E-state index is 13.5. The summed E-state index contributed by atoms with van der Waals surface area (Å²) in [5, 5.41) is 9.89. The Morgan fingerprint density at radius 2 is 1.84 bits per heavy atom. The molecule has 2 bridgehead atoms. The Balaban J connectivity index is 0.00000343. The van der Waals surface area contributed by atoms with E-state index in [1.807, 2.05) is 35.2 Å². The van der Waals surface area contributed by atoms with Crippen molar-refractivity contribution in [3.05, 3.63) is 59.9 Å². The number of piperazine rings is 1. The number of carbonyl (C=O) groups is 1. The highest BCUT2D eigenvalue weighted by Crippen LogP contribution is 2.38. The highest BCUT2D eigenvalue weighted by molar-refractivity contribution is 5.96. The third-order valence-corrected chi connectivity index (χ3v) is 8.90. The molecule has 10 nitrogen and oxygen atoms in total. The lowest BCUT2D eigenvalue weighted by atomic mass is 9.91. The lowest BCUT2D eigenvalue weighted by molar-refractivity contribution is -0.000132. The largest absolute Gasteiger partial charge is 0.494 e. The van der Waals surface area contributed by atoms with Crippen molar-refractivity contribution in [1.82, 2.24) is 19.8 Å². The van der Waals surface area contributed by atoms with Crippen LogP contribution in [0, 0.1) is 11.3 Å². The van der Waals surface area contributed by atoms with Gasteiger partial charge in [-0.2, -0.15) is 5.26 Å². The number of nitrogens with zero attached hydrogens (tertiary/aromatic N) is 5. The number of ether oxygens (including phenoxy) is 3. The van der Waals surface area contributed by atoms with Gasteiger partial charge in [-0.15, -0.1) is 12.4 Å². The molecule has 4 aliphatic rings. The molecular formula is C33H34ClN5O5. The van der Waals surface area contributed by atoms with E-state index in [4.69, 9.17) is 18.6 Å². The fourth-order valence-corrected chi connectivity index (χ4v) is 6.50. The van der Waals surface area contributed by atoms with Crippen LogP contribution in [-0.2, 0) is 4.74 Å². The number of piperidine rings is 2. The molecule has 1 aromatic carbocycles. The number of methoxy groups -OCH3 is 1. The number of hydrogen-bond donors (Lipinski definition) is 0. The first-order valence-corrected chi connectivity index (χ1v) is 14.8. The Labute approximate surface area is 261 Å². The van der Waals surface area contributed by atoms with Gasteiger partial charge in [0.2, 0.25) is 0 Å². The third-order valence-electron chi connectivity index (χ3n) is 8.90. The topological polar surface area (TPSA) is 114 Å². The van der Waals surface area contributed by atoms with Crippen LogP contribution in [-0.4, -0.2) is 84.3 Å². The molecule has 0 aliphatic carbocycles. The van der Waals surface area contributed by atoms with Crippen molar-refractivity contribution in [2.24, 2.45) is 0 Å². The number of amides is 1. The molecule has 0 saturated carbocycles. The van der Waals surface area contributed by atoms with E-state index in [9.17, 15) is 10.1 Å². The van der Waals surface area contributed by atoms with E-state index < -0.39 is 0 Å². The van der Waals surface area contributed by atoms with E-state index in [1.54, 1.807) is 25.6 Å². The number of furan rings is 1. The summed E-state index contributed by atoms with van der Waals surface area (Å²) in [6, 6.07) is 13.9. The van der Waals surface area contributed by atoms with E-state index in [0.717, 1.165) is 49.9 Å². The summed E-state index contributed by atoms with van der Waals surface area (Å²) < 4.78 is 23.6. The second-order valence-corrected chi connectivity index (χ2v) is 11.5. The van der Waals surface area contributed by atoms with Crippen LogP contribution in [0.1, 0.15) is 41.6 Å². The number of halogens is 1. The number of carbonyl (C=O) groups excluding carboxylic acids is 1. The van der Waals surface area contributed by atoms with Crippen molar-refractivity contribution < 1.29 is 23.4 Å². The molecule has 0 N–H and O–H groups in total. The third kappa shape index (κ3) is 5.47. The number of rotatable bonds is 6. The van der Waals surface area contributed by atoms with Crippen LogP contribution in [0.25, 0.3) is 33.7 Å². The summed E-state index contributed by atoms with van der Waals surface area (Å²) in [5.41, 5.74) is 4.26. The summed E-state index contributed by atoms with van der Waals surface area (Å²) in [6.07, 6.45) is 7.11. The smallest absolute Gasteiger partial charge is 0.255 e. The van der Waals surface area contributed by atoms with Gasteiger partial charge in [-0.1, -0.05) is 6.07 Å². The number of pyridine rings is 2. The van der Waals surface area contributed by atoms with Crippen LogP contribution in [0.5, 0.6) is 11.5 Å². The molecule has 4 aromatic rings. The molecule has 228 valence electrons. The van der Waals surface area contributed by atoms with Gasteiger partial charge in [0.05, 0.1) is 31.5 Å². The van der Waals surface area contributed by atoms with E-state index >= 15 is 0 Å². The van der Waals surface area contributed by atoms with Crippen LogP contribution in [0.4, 0.5) is 0 Å². The molecule has 7 heterocycles. The highest BCUT2D eigenvalue weighted by atomic mass is 35.5. The van der Waals surface area contributed by atoms with E-state index in [1.165, 1.54) is 0 Å². The van der Waals surface area contributed by atoms with Crippen LogP contribution >= 0.6 is 12.4 Å². The van der Waals surface area contributed by atoms with Crippen molar-refractivity contribution >= 4 is 29.4 Å². The van der Waals surface area contributed by atoms with Crippen molar-refractivity contribution in [3.63, 3.8) is 0 Å². The van der Waals surface area contributed by atoms with Gasteiger partial charge in [-0.25, -0.2) is 4.98 Å².